The fourth-order valence-corrected chi connectivity index (χ4v) is 3.53. The minimum atomic E-state index is 0.351. The first kappa shape index (κ1) is 13.2. The van der Waals surface area contributed by atoms with Gasteiger partial charge in [0.05, 0.1) is 0 Å². The number of carbonyl (C=O) groups excluding carboxylic acids is 1. The second-order valence-corrected chi connectivity index (χ2v) is 6.66. The van der Waals surface area contributed by atoms with Crippen LogP contribution in [0.3, 0.4) is 0 Å². The average molecular weight is 256 g/mol. The van der Waals surface area contributed by atoms with Crippen LogP contribution in [0.1, 0.15) is 26.7 Å². The predicted octanol–water partition coefficient (Wildman–Crippen LogP) is 1.59. The van der Waals surface area contributed by atoms with Gasteiger partial charge in [-0.25, -0.2) is 0 Å². The SMILES string of the molecule is CC1CCN(C(=O)CC2CSCCN2)CC1C. The van der Waals surface area contributed by atoms with Crippen LogP contribution in [-0.2, 0) is 4.79 Å². The monoisotopic (exact) mass is 256 g/mol. The molecule has 98 valence electrons. The smallest absolute Gasteiger partial charge is 0.224 e. The standard InChI is InChI=1S/C13H24N2OS/c1-10-3-5-15(8-11(10)2)13(16)7-12-9-17-6-4-14-12/h10-12,14H,3-9H2,1-2H3. The number of nitrogens with zero attached hydrogens (tertiary/aromatic N) is 1. The fraction of sp³-hybridized carbons (Fsp3) is 0.923. The van der Waals surface area contributed by atoms with Crippen LogP contribution in [0.25, 0.3) is 0 Å². The van der Waals surface area contributed by atoms with Gasteiger partial charge in [0.15, 0.2) is 0 Å². The number of amides is 1. The third kappa shape index (κ3) is 3.62. The Hall–Kier alpha value is -0.220. The zero-order valence-electron chi connectivity index (χ0n) is 10.9. The quantitative estimate of drug-likeness (QED) is 0.814. The lowest BCUT2D eigenvalue weighted by molar-refractivity contribution is -0.134. The van der Waals surface area contributed by atoms with E-state index in [1.165, 1.54) is 12.2 Å². The number of thioether (sulfide) groups is 1. The Labute approximate surface area is 109 Å². The summed E-state index contributed by atoms with van der Waals surface area (Å²) in [7, 11) is 0. The Bertz CT molecular complexity index is 266. The summed E-state index contributed by atoms with van der Waals surface area (Å²) < 4.78 is 0. The second kappa shape index (κ2) is 6.10. The van der Waals surface area contributed by atoms with Gasteiger partial charge in [-0.2, -0.15) is 11.8 Å². The molecule has 0 aromatic heterocycles. The van der Waals surface area contributed by atoms with E-state index in [2.05, 4.69) is 24.1 Å². The first-order chi connectivity index (χ1) is 8.16. The van der Waals surface area contributed by atoms with Gasteiger partial charge < -0.3 is 10.2 Å². The van der Waals surface area contributed by atoms with Gasteiger partial charge in [-0.3, -0.25) is 4.79 Å². The maximum atomic E-state index is 12.2. The Morgan fingerprint density at radius 3 is 2.88 bits per heavy atom. The number of nitrogens with one attached hydrogen (secondary N) is 1. The van der Waals surface area contributed by atoms with E-state index in [9.17, 15) is 4.79 Å². The van der Waals surface area contributed by atoms with Crippen LogP contribution in [0.15, 0.2) is 0 Å². The summed E-state index contributed by atoms with van der Waals surface area (Å²) in [5.74, 6) is 4.04. The summed E-state index contributed by atoms with van der Waals surface area (Å²) in [6.07, 6.45) is 1.86. The van der Waals surface area contributed by atoms with Crippen molar-refractivity contribution >= 4 is 17.7 Å². The van der Waals surface area contributed by atoms with Gasteiger partial charge >= 0.3 is 0 Å². The molecular weight excluding hydrogens is 232 g/mol. The molecule has 0 radical (unpaired) electrons. The van der Waals surface area contributed by atoms with Crippen molar-refractivity contribution in [2.45, 2.75) is 32.7 Å². The third-order valence-corrected chi connectivity index (χ3v) is 5.24. The van der Waals surface area contributed by atoms with E-state index in [0.29, 0.717) is 24.3 Å². The van der Waals surface area contributed by atoms with Gasteiger partial charge in [0.1, 0.15) is 0 Å². The van der Waals surface area contributed by atoms with Crippen molar-refractivity contribution in [1.29, 1.82) is 0 Å². The Kier molecular flexibility index (Phi) is 4.74. The molecule has 3 unspecified atom stereocenters. The van der Waals surface area contributed by atoms with Crippen LogP contribution in [0, 0.1) is 11.8 Å². The molecule has 0 aromatic carbocycles. The Morgan fingerprint density at radius 2 is 2.24 bits per heavy atom. The fourth-order valence-electron chi connectivity index (χ4n) is 2.58. The minimum Gasteiger partial charge on any atom is -0.342 e. The zero-order chi connectivity index (χ0) is 12.3. The highest BCUT2D eigenvalue weighted by Gasteiger charge is 2.27. The van der Waals surface area contributed by atoms with Crippen LogP contribution in [-0.4, -0.2) is 48.0 Å². The van der Waals surface area contributed by atoms with Crippen LogP contribution in [0.5, 0.6) is 0 Å². The van der Waals surface area contributed by atoms with Crippen molar-refractivity contribution in [3.63, 3.8) is 0 Å². The molecule has 4 heteroatoms. The molecule has 0 saturated carbocycles. The Morgan fingerprint density at radius 1 is 1.41 bits per heavy atom. The molecule has 1 amide bonds. The van der Waals surface area contributed by atoms with E-state index in [1.807, 2.05) is 11.8 Å². The summed E-state index contributed by atoms with van der Waals surface area (Å²) in [5, 5.41) is 3.44. The highest BCUT2D eigenvalue weighted by atomic mass is 32.2. The summed E-state index contributed by atoms with van der Waals surface area (Å²) in [4.78, 5) is 14.3. The summed E-state index contributed by atoms with van der Waals surface area (Å²) in [5.41, 5.74) is 0. The van der Waals surface area contributed by atoms with E-state index in [-0.39, 0.29) is 0 Å². The lowest BCUT2D eigenvalue weighted by atomic mass is 9.88. The van der Waals surface area contributed by atoms with Crippen LogP contribution < -0.4 is 5.32 Å². The van der Waals surface area contributed by atoms with Crippen LogP contribution in [0.2, 0.25) is 0 Å². The third-order valence-electron chi connectivity index (χ3n) is 4.11. The van der Waals surface area contributed by atoms with Gasteiger partial charge in [-0.15, -0.1) is 0 Å². The molecule has 2 aliphatic rings. The molecule has 17 heavy (non-hydrogen) atoms. The molecule has 3 atom stereocenters. The molecule has 0 aliphatic carbocycles. The molecule has 0 aromatic rings. The molecule has 0 spiro atoms. The molecule has 2 rings (SSSR count). The predicted molar refractivity (Wildman–Crippen MR) is 73.3 cm³/mol. The molecule has 2 saturated heterocycles. The number of likely N-dealkylation sites (tertiary alicyclic amines) is 1. The van der Waals surface area contributed by atoms with Crippen molar-refractivity contribution in [2.75, 3.05) is 31.1 Å². The highest BCUT2D eigenvalue weighted by molar-refractivity contribution is 7.99. The summed E-state index contributed by atoms with van der Waals surface area (Å²) >= 11 is 1.96. The molecule has 1 N–H and O–H groups in total. The molecule has 3 nitrogen and oxygen atoms in total. The van der Waals surface area contributed by atoms with E-state index in [0.717, 1.165) is 31.3 Å². The number of hydrogen-bond donors (Lipinski definition) is 1. The topological polar surface area (TPSA) is 32.3 Å². The summed E-state index contributed by atoms with van der Waals surface area (Å²) in [6, 6.07) is 0.399. The molecule has 0 bridgehead atoms. The normalized spacial score (nSPS) is 34.7. The number of hydrogen-bond acceptors (Lipinski definition) is 3. The maximum Gasteiger partial charge on any atom is 0.224 e. The van der Waals surface area contributed by atoms with E-state index in [1.54, 1.807) is 0 Å². The Balaban J connectivity index is 1.79. The largest absolute Gasteiger partial charge is 0.342 e. The lowest BCUT2D eigenvalue weighted by Gasteiger charge is -2.36. The van der Waals surface area contributed by atoms with Crippen molar-refractivity contribution in [1.82, 2.24) is 10.2 Å². The van der Waals surface area contributed by atoms with Crippen molar-refractivity contribution in [2.24, 2.45) is 11.8 Å². The first-order valence-electron chi connectivity index (χ1n) is 6.75. The van der Waals surface area contributed by atoms with E-state index < -0.39 is 0 Å². The van der Waals surface area contributed by atoms with Gasteiger partial charge in [-0.1, -0.05) is 13.8 Å². The first-order valence-corrected chi connectivity index (χ1v) is 7.91. The number of piperidine rings is 1. The van der Waals surface area contributed by atoms with Gasteiger partial charge in [0.25, 0.3) is 0 Å². The molecular formula is C13H24N2OS. The second-order valence-electron chi connectivity index (χ2n) is 5.51. The average Bonchev–Trinajstić information content (AvgIpc) is 2.34. The number of rotatable bonds is 2. The van der Waals surface area contributed by atoms with Crippen molar-refractivity contribution in [3.8, 4) is 0 Å². The van der Waals surface area contributed by atoms with Gasteiger partial charge in [0, 0.05) is 43.6 Å². The highest BCUT2D eigenvalue weighted by Crippen LogP contribution is 2.23. The van der Waals surface area contributed by atoms with Gasteiger partial charge in [-0.05, 0) is 18.3 Å². The number of carbonyl (C=O) groups is 1. The molecule has 2 aliphatic heterocycles. The zero-order valence-corrected chi connectivity index (χ0v) is 11.8. The molecule has 2 heterocycles. The van der Waals surface area contributed by atoms with E-state index >= 15 is 0 Å². The van der Waals surface area contributed by atoms with Crippen LogP contribution >= 0.6 is 11.8 Å². The molecule has 2 fully saturated rings. The van der Waals surface area contributed by atoms with Crippen molar-refractivity contribution < 1.29 is 4.79 Å². The van der Waals surface area contributed by atoms with Gasteiger partial charge in [0.2, 0.25) is 5.91 Å². The minimum absolute atomic E-state index is 0.351. The lowest BCUT2D eigenvalue weighted by Crippen LogP contribution is -2.46. The van der Waals surface area contributed by atoms with Crippen LogP contribution in [0.4, 0.5) is 0 Å². The van der Waals surface area contributed by atoms with Crippen molar-refractivity contribution in [3.05, 3.63) is 0 Å². The maximum absolute atomic E-state index is 12.2. The summed E-state index contributed by atoms with van der Waals surface area (Å²) in [6.45, 7) is 7.53. The van der Waals surface area contributed by atoms with E-state index in [4.69, 9.17) is 0 Å².